The Morgan fingerprint density at radius 3 is 1.84 bits per heavy atom. The maximum absolute atomic E-state index is 6.01. The molecule has 0 aliphatic rings. The maximum atomic E-state index is 6.01. The van der Waals surface area contributed by atoms with Crippen molar-refractivity contribution in [1.82, 2.24) is 0 Å². The Hall–Kier alpha value is -4.79. The summed E-state index contributed by atoms with van der Waals surface area (Å²) in [7, 11) is -2.42. The third-order valence-corrected chi connectivity index (χ3v) is 11.0. The zero-order valence-corrected chi connectivity index (χ0v) is 26.9. The molecule has 1 atom stereocenters. The van der Waals surface area contributed by atoms with E-state index in [0.29, 0.717) is 0 Å². The van der Waals surface area contributed by atoms with Crippen LogP contribution in [0.1, 0.15) is 33.6 Å². The molecule has 4 aromatic carbocycles. The van der Waals surface area contributed by atoms with Crippen LogP contribution in [0.2, 0.25) is 0 Å². The molecule has 0 bridgehead atoms. The van der Waals surface area contributed by atoms with Crippen LogP contribution in [-0.2, 0) is 0 Å². The Kier molecular flexibility index (Phi) is 11.4. The van der Waals surface area contributed by atoms with Gasteiger partial charge in [-0.1, -0.05) is 86.4 Å². The highest BCUT2D eigenvalue weighted by Gasteiger charge is 2.27. The molecule has 0 amide bonds. The average molecular weight is 599 g/mol. The molecule has 0 radical (unpaired) electrons. The maximum Gasteiger partial charge on any atom is 0.0626 e. The summed E-state index contributed by atoms with van der Waals surface area (Å²) in [5, 5.41) is 3.39. The largest absolute Gasteiger partial charge is 0.399 e. The van der Waals surface area contributed by atoms with Crippen LogP contribution in [0.25, 0.3) is 0 Å². The van der Waals surface area contributed by atoms with Crippen molar-refractivity contribution in [3.05, 3.63) is 163 Å². The van der Waals surface area contributed by atoms with Crippen LogP contribution >= 0.6 is 7.05 Å². The molecule has 4 nitrogen and oxygen atoms in total. The average Bonchev–Trinajstić information content (AvgIpc) is 3.05. The molecule has 224 valence electrons. The molecule has 4 rings (SSSR count). The standard InChI is InChI=1S/C39H43N4P/c1-5-7-9-12-16-32(4)44(31(3)15-11-8-6-2,39-17-13-10-14-18-39)42-35-23-29-38(30-24-35)43(36-25-19-33(40)20-26-36)37-27-21-34(41)22-28-37/h5,7-8,10-30H,4,6,9,40-41H2,1-3H3/b7-5-,11-8-,16-12-,31-15+. The van der Waals surface area contributed by atoms with Crippen LogP contribution in [-0.4, -0.2) is 0 Å². The topological polar surface area (TPSA) is 67.6 Å². The van der Waals surface area contributed by atoms with Crippen LogP contribution in [0.15, 0.2) is 168 Å². The third-order valence-electron chi connectivity index (χ3n) is 7.26. The first kappa shape index (κ1) is 32.1. The Morgan fingerprint density at radius 2 is 1.32 bits per heavy atom. The molecule has 0 heterocycles. The number of benzene rings is 4. The highest BCUT2D eigenvalue weighted by Crippen LogP contribution is 2.64. The first-order valence-electron chi connectivity index (χ1n) is 15.0. The Balaban J connectivity index is 1.89. The van der Waals surface area contributed by atoms with Gasteiger partial charge in [-0.05, 0) is 110 Å². The molecule has 0 saturated heterocycles. The smallest absolute Gasteiger partial charge is 0.0626 e. The third kappa shape index (κ3) is 7.78. The molecular formula is C39H43N4P. The zero-order chi connectivity index (χ0) is 31.4. The highest BCUT2D eigenvalue weighted by molar-refractivity contribution is 7.81. The highest BCUT2D eigenvalue weighted by atomic mass is 31.2. The molecule has 5 heteroatoms. The van der Waals surface area contributed by atoms with Gasteiger partial charge in [0.25, 0.3) is 0 Å². The van der Waals surface area contributed by atoms with E-state index in [9.17, 15) is 0 Å². The van der Waals surface area contributed by atoms with Crippen LogP contribution < -0.4 is 21.7 Å². The number of nitrogen functional groups attached to an aromatic ring is 2. The van der Waals surface area contributed by atoms with Gasteiger partial charge in [0.1, 0.15) is 0 Å². The van der Waals surface area contributed by atoms with Crippen LogP contribution in [0.3, 0.4) is 0 Å². The first-order valence-corrected chi connectivity index (χ1v) is 16.7. The Morgan fingerprint density at radius 1 is 0.773 bits per heavy atom. The molecule has 1 unspecified atom stereocenters. The van der Waals surface area contributed by atoms with Gasteiger partial charge in [-0.15, -0.1) is 0 Å². The SMILES string of the molecule is C=C(/C=C\C/C=C\C)P(=Nc1ccc(N(c2ccc(N)cc2)c2ccc(N)cc2)cc1)(/C(C)=C/C=C\CC)c1ccccc1. The molecule has 44 heavy (non-hydrogen) atoms. The van der Waals surface area contributed by atoms with E-state index in [0.717, 1.165) is 52.3 Å². The molecule has 0 fully saturated rings. The molecular weight excluding hydrogens is 555 g/mol. The van der Waals surface area contributed by atoms with Gasteiger partial charge in [0, 0.05) is 33.7 Å². The van der Waals surface area contributed by atoms with Crippen molar-refractivity contribution in [1.29, 1.82) is 0 Å². The number of hydrogen-bond acceptors (Lipinski definition) is 4. The van der Waals surface area contributed by atoms with E-state index in [-0.39, 0.29) is 0 Å². The van der Waals surface area contributed by atoms with Crippen molar-refractivity contribution < 1.29 is 0 Å². The number of anilines is 5. The fourth-order valence-electron chi connectivity index (χ4n) is 4.95. The van der Waals surface area contributed by atoms with Crippen LogP contribution in [0.5, 0.6) is 0 Å². The fraction of sp³-hybridized carbons (Fsp3) is 0.128. The lowest BCUT2D eigenvalue weighted by Crippen LogP contribution is -2.10. The van der Waals surface area contributed by atoms with E-state index in [1.54, 1.807) is 0 Å². The van der Waals surface area contributed by atoms with Crippen LogP contribution in [0.4, 0.5) is 34.1 Å². The summed E-state index contributed by atoms with van der Waals surface area (Å²) in [5.74, 6) is 0. The van der Waals surface area contributed by atoms with Gasteiger partial charge in [0.15, 0.2) is 0 Å². The molecule has 0 aromatic heterocycles. The number of nitrogens with zero attached hydrogens (tertiary/aromatic N) is 2. The van der Waals surface area contributed by atoms with Gasteiger partial charge < -0.3 is 16.4 Å². The van der Waals surface area contributed by atoms with Crippen molar-refractivity contribution in [2.45, 2.75) is 33.6 Å². The summed E-state index contributed by atoms with van der Waals surface area (Å²) in [6.07, 6.45) is 16.9. The second-order valence-corrected chi connectivity index (χ2v) is 13.7. The molecule has 4 N–H and O–H groups in total. The van der Waals surface area contributed by atoms with Crippen molar-refractivity contribution in [2.24, 2.45) is 4.74 Å². The Bertz CT molecular complexity index is 1650. The summed E-state index contributed by atoms with van der Waals surface area (Å²) in [5.41, 5.74) is 17.4. The summed E-state index contributed by atoms with van der Waals surface area (Å²) < 4.78 is 5.60. The predicted molar refractivity (Wildman–Crippen MR) is 196 cm³/mol. The molecule has 0 aliphatic carbocycles. The monoisotopic (exact) mass is 598 g/mol. The van der Waals surface area contributed by atoms with Crippen molar-refractivity contribution in [3.63, 3.8) is 0 Å². The quantitative estimate of drug-likeness (QED) is 0.0738. The summed E-state index contributed by atoms with van der Waals surface area (Å²) in [6.45, 7) is 11.0. The molecule has 4 aromatic rings. The lowest BCUT2D eigenvalue weighted by molar-refractivity contribution is 1.22. The normalized spacial score (nSPS) is 13.4. The van der Waals surface area contributed by atoms with E-state index < -0.39 is 7.05 Å². The van der Waals surface area contributed by atoms with Gasteiger partial charge in [0.05, 0.1) is 12.7 Å². The van der Waals surface area contributed by atoms with Gasteiger partial charge in [-0.3, -0.25) is 4.74 Å². The number of hydrogen-bond donors (Lipinski definition) is 2. The summed E-state index contributed by atoms with van der Waals surface area (Å²) >= 11 is 0. The lowest BCUT2D eigenvalue weighted by Gasteiger charge is -2.28. The minimum atomic E-state index is -2.42. The van der Waals surface area contributed by atoms with E-state index in [4.69, 9.17) is 16.2 Å². The first-order chi connectivity index (χ1) is 21.4. The molecule has 0 spiro atoms. The van der Waals surface area contributed by atoms with Gasteiger partial charge in [-0.2, -0.15) is 0 Å². The zero-order valence-electron chi connectivity index (χ0n) is 26.0. The van der Waals surface area contributed by atoms with E-state index >= 15 is 0 Å². The number of rotatable bonds is 12. The predicted octanol–water partition coefficient (Wildman–Crippen LogP) is 11.4. The Labute approximate surface area is 263 Å². The number of nitrogens with two attached hydrogens (primary N) is 2. The molecule has 0 saturated carbocycles. The van der Waals surface area contributed by atoms with E-state index in [1.807, 2.05) is 55.5 Å². The van der Waals surface area contributed by atoms with Gasteiger partial charge in [-0.25, -0.2) is 0 Å². The van der Waals surface area contributed by atoms with Gasteiger partial charge >= 0.3 is 0 Å². The second kappa shape index (κ2) is 15.6. The lowest BCUT2D eigenvalue weighted by atomic mass is 10.1. The van der Waals surface area contributed by atoms with E-state index in [2.05, 4.69) is 122 Å². The van der Waals surface area contributed by atoms with E-state index in [1.165, 1.54) is 10.6 Å². The fourth-order valence-corrected chi connectivity index (χ4v) is 8.25. The van der Waals surface area contributed by atoms with Crippen molar-refractivity contribution in [3.8, 4) is 0 Å². The van der Waals surface area contributed by atoms with Crippen molar-refractivity contribution >= 4 is 46.5 Å². The van der Waals surface area contributed by atoms with Crippen LogP contribution in [0, 0.1) is 0 Å². The number of allylic oxidation sites excluding steroid dienone is 9. The van der Waals surface area contributed by atoms with Crippen molar-refractivity contribution in [2.75, 3.05) is 16.4 Å². The minimum absolute atomic E-state index is 0.721. The summed E-state index contributed by atoms with van der Waals surface area (Å²) in [4.78, 5) is 2.19. The summed E-state index contributed by atoms with van der Waals surface area (Å²) in [6, 6.07) is 34.8. The van der Waals surface area contributed by atoms with Gasteiger partial charge in [0.2, 0.25) is 0 Å². The minimum Gasteiger partial charge on any atom is -0.399 e. The second-order valence-electron chi connectivity index (χ2n) is 10.4. The molecule has 0 aliphatic heterocycles.